The van der Waals surface area contributed by atoms with Crippen LogP contribution in [0.2, 0.25) is 0 Å². The lowest BCUT2D eigenvalue weighted by molar-refractivity contribution is -0.157. The molecule has 1 spiro atoms. The fraction of sp³-hybridized carbons (Fsp3) is 0.941. The molecule has 1 saturated carbocycles. The van der Waals surface area contributed by atoms with E-state index in [2.05, 4.69) is 10.2 Å². The number of piperidine rings is 1. The maximum absolute atomic E-state index is 12.5. The van der Waals surface area contributed by atoms with Gasteiger partial charge in [-0.15, -0.1) is 0 Å². The summed E-state index contributed by atoms with van der Waals surface area (Å²) in [6.07, 6.45) is 4.28. The topological polar surface area (TPSA) is 65.0 Å². The molecule has 3 aliphatic heterocycles. The van der Waals surface area contributed by atoms with Crippen molar-refractivity contribution in [2.24, 2.45) is 5.41 Å². The Hall–Kier alpha value is -0.690. The van der Waals surface area contributed by atoms with Gasteiger partial charge in [-0.3, -0.25) is 4.79 Å². The predicted octanol–water partition coefficient (Wildman–Crippen LogP) is 0.159. The molecule has 4 fully saturated rings. The number of carbonyl (C=O) groups excluding carboxylic acids is 1. The van der Waals surface area contributed by atoms with Gasteiger partial charge in [0.05, 0.1) is 24.8 Å². The molecule has 2 N–H and O–H groups in total. The maximum atomic E-state index is 12.5. The van der Waals surface area contributed by atoms with E-state index < -0.39 is 5.72 Å². The number of nitrogens with zero attached hydrogens (tertiary/aromatic N) is 2. The zero-order chi connectivity index (χ0) is 16.2. The predicted molar refractivity (Wildman–Crippen MR) is 85.8 cm³/mol. The van der Waals surface area contributed by atoms with Crippen LogP contribution in [0.5, 0.6) is 0 Å². The number of hydrogen-bond acceptors (Lipinski definition) is 5. The molecular formula is C17H29N3O3. The number of rotatable bonds is 3. The summed E-state index contributed by atoms with van der Waals surface area (Å²) < 4.78 is 5.95. The highest BCUT2D eigenvalue weighted by Gasteiger charge is 2.52. The van der Waals surface area contributed by atoms with Gasteiger partial charge in [-0.2, -0.15) is 0 Å². The molecule has 0 unspecified atom stereocenters. The number of aliphatic hydroxyl groups is 1. The first kappa shape index (κ1) is 15.8. The van der Waals surface area contributed by atoms with E-state index in [0.29, 0.717) is 13.2 Å². The van der Waals surface area contributed by atoms with Gasteiger partial charge < -0.3 is 25.0 Å². The van der Waals surface area contributed by atoms with Crippen LogP contribution >= 0.6 is 0 Å². The van der Waals surface area contributed by atoms with Gasteiger partial charge in [0.15, 0.2) is 5.72 Å². The first-order valence-corrected chi connectivity index (χ1v) is 9.05. The van der Waals surface area contributed by atoms with Crippen molar-refractivity contribution in [3.8, 4) is 0 Å². The molecule has 0 aromatic rings. The Labute approximate surface area is 138 Å². The Morgan fingerprint density at radius 3 is 2.87 bits per heavy atom. The Morgan fingerprint density at radius 2 is 2.17 bits per heavy atom. The molecule has 6 nitrogen and oxygen atoms in total. The summed E-state index contributed by atoms with van der Waals surface area (Å²) in [5.74, 6) is 0.150. The molecule has 0 aromatic carbocycles. The quantitative estimate of drug-likeness (QED) is 0.774. The van der Waals surface area contributed by atoms with Crippen molar-refractivity contribution in [1.29, 1.82) is 0 Å². The van der Waals surface area contributed by atoms with Crippen LogP contribution in [0, 0.1) is 5.41 Å². The normalized spacial score (nSPS) is 43.0. The fourth-order valence-corrected chi connectivity index (χ4v) is 4.56. The molecule has 130 valence electrons. The van der Waals surface area contributed by atoms with E-state index in [4.69, 9.17) is 4.74 Å². The zero-order valence-electron chi connectivity index (χ0n) is 14.3. The fourth-order valence-electron chi connectivity index (χ4n) is 4.56. The van der Waals surface area contributed by atoms with E-state index in [9.17, 15) is 9.90 Å². The summed E-state index contributed by atoms with van der Waals surface area (Å²) in [4.78, 5) is 16.9. The highest BCUT2D eigenvalue weighted by Crippen LogP contribution is 2.53. The van der Waals surface area contributed by atoms with Crippen LogP contribution in [0.4, 0.5) is 0 Å². The lowest BCUT2D eigenvalue weighted by atomic mass is 9.90. The molecule has 0 radical (unpaired) electrons. The average Bonchev–Trinajstić information content (AvgIpc) is 3.23. The van der Waals surface area contributed by atoms with Crippen molar-refractivity contribution in [2.75, 3.05) is 32.8 Å². The average molecular weight is 323 g/mol. The number of aliphatic hydroxyl groups excluding tert-OH is 1. The Balaban J connectivity index is 1.35. The Kier molecular flexibility index (Phi) is 3.72. The molecule has 4 atom stereocenters. The Bertz CT molecular complexity index is 495. The zero-order valence-corrected chi connectivity index (χ0v) is 14.3. The van der Waals surface area contributed by atoms with Crippen LogP contribution in [0.25, 0.3) is 0 Å². The van der Waals surface area contributed by atoms with Gasteiger partial charge in [-0.1, -0.05) is 0 Å². The summed E-state index contributed by atoms with van der Waals surface area (Å²) in [5, 5.41) is 13.6. The smallest absolute Gasteiger partial charge is 0.242 e. The van der Waals surface area contributed by atoms with Crippen molar-refractivity contribution in [1.82, 2.24) is 15.1 Å². The van der Waals surface area contributed by atoms with Crippen molar-refractivity contribution in [2.45, 2.75) is 63.4 Å². The third-order valence-electron chi connectivity index (χ3n) is 6.54. The van der Waals surface area contributed by atoms with Gasteiger partial charge in [0.2, 0.25) is 5.91 Å². The monoisotopic (exact) mass is 323 g/mol. The number of ether oxygens (including phenoxy) is 1. The highest BCUT2D eigenvalue weighted by molar-refractivity contribution is 5.83. The lowest BCUT2D eigenvalue weighted by Gasteiger charge is -2.43. The van der Waals surface area contributed by atoms with Crippen molar-refractivity contribution >= 4 is 5.91 Å². The summed E-state index contributed by atoms with van der Waals surface area (Å²) in [6, 6.07) is 0.0322. The minimum absolute atomic E-state index is 0.126. The summed E-state index contributed by atoms with van der Waals surface area (Å²) in [7, 11) is 0. The van der Waals surface area contributed by atoms with E-state index in [-0.39, 0.29) is 29.5 Å². The van der Waals surface area contributed by atoms with Crippen LogP contribution in [0.1, 0.15) is 39.5 Å². The van der Waals surface area contributed by atoms with Gasteiger partial charge in [-0.05, 0) is 51.5 Å². The van der Waals surface area contributed by atoms with Crippen LogP contribution in [-0.2, 0) is 9.53 Å². The van der Waals surface area contributed by atoms with Gasteiger partial charge in [0.25, 0.3) is 0 Å². The number of fused-ring (bicyclic) bond motifs is 1. The largest absolute Gasteiger partial charge is 0.391 e. The van der Waals surface area contributed by atoms with Gasteiger partial charge in [0, 0.05) is 19.6 Å². The number of piperazine rings is 1. The number of β-amino-alcohol motifs (C(OH)–C–C–N with tert-alkyl or cyclic N) is 1. The van der Waals surface area contributed by atoms with Crippen molar-refractivity contribution in [3.05, 3.63) is 0 Å². The Morgan fingerprint density at radius 1 is 1.39 bits per heavy atom. The standard InChI is InChI=1S/C17H29N3O3/c1-12-15(22)20-13(10-23-16(20,2)11-18-12)3-7-19-8-6-17(4-5-17)14(21)9-19/h12-14,18,21H,3-11H2,1-2H3/t12-,13-,14+,16+/m0/s1. The first-order chi connectivity index (χ1) is 10.9. The highest BCUT2D eigenvalue weighted by atomic mass is 16.5. The third kappa shape index (κ3) is 2.60. The minimum atomic E-state index is -0.492. The molecule has 23 heavy (non-hydrogen) atoms. The first-order valence-electron chi connectivity index (χ1n) is 9.05. The number of amides is 1. The number of hydrogen-bond donors (Lipinski definition) is 2. The SMILES string of the molecule is C[C@@H]1NC[C@@]2(C)OC[C@H](CCN3CCC4(CC4)[C@H](O)C3)N2C1=O. The van der Waals surface area contributed by atoms with Crippen LogP contribution < -0.4 is 5.32 Å². The van der Waals surface area contributed by atoms with E-state index in [1.54, 1.807) is 0 Å². The molecule has 0 bridgehead atoms. The molecule has 6 heteroatoms. The lowest BCUT2D eigenvalue weighted by Crippen LogP contribution is -2.65. The summed E-state index contributed by atoms with van der Waals surface area (Å²) >= 11 is 0. The molecule has 1 amide bonds. The second-order valence-electron chi connectivity index (χ2n) is 8.17. The van der Waals surface area contributed by atoms with Crippen LogP contribution in [-0.4, -0.2) is 77.5 Å². The second-order valence-corrected chi connectivity index (χ2v) is 8.17. The van der Waals surface area contributed by atoms with Gasteiger partial charge in [-0.25, -0.2) is 0 Å². The molecule has 1 aliphatic carbocycles. The number of nitrogens with one attached hydrogen (secondary N) is 1. The van der Waals surface area contributed by atoms with E-state index in [0.717, 1.165) is 32.5 Å². The van der Waals surface area contributed by atoms with E-state index in [1.165, 1.54) is 12.8 Å². The molecule has 0 aromatic heterocycles. The van der Waals surface area contributed by atoms with E-state index in [1.807, 2.05) is 18.7 Å². The minimum Gasteiger partial charge on any atom is -0.391 e. The van der Waals surface area contributed by atoms with Crippen LogP contribution in [0.3, 0.4) is 0 Å². The summed E-state index contributed by atoms with van der Waals surface area (Å²) in [5.41, 5.74) is -0.233. The number of carbonyl (C=O) groups is 1. The molecule has 4 rings (SSSR count). The van der Waals surface area contributed by atoms with Crippen molar-refractivity contribution < 1.29 is 14.6 Å². The van der Waals surface area contributed by atoms with E-state index >= 15 is 0 Å². The molecule has 3 heterocycles. The third-order valence-corrected chi connectivity index (χ3v) is 6.54. The molecule has 4 aliphatic rings. The number of likely N-dealkylation sites (tertiary alicyclic amines) is 1. The van der Waals surface area contributed by atoms with Crippen molar-refractivity contribution in [3.63, 3.8) is 0 Å². The maximum Gasteiger partial charge on any atom is 0.242 e. The van der Waals surface area contributed by atoms with Crippen LogP contribution in [0.15, 0.2) is 0 Å². The molecule has 3 saturated heterocycles. The molecular weight excluding hydrogens is 294 g/mol. The van der Waals surface area contributed by atoms with Gasteiger partial charge >= 0.3 is 0 Å². The summed E-state index contributed by atoms with van der Waals surface area (Å²) in [6.45, 7) is 8.05. The second kappa shape index (κ2) is 5.41. The van der Waals surface area contributed by atoms with Gasteiger partial charge in [0.1, 0.15) is 0 Å².